The van der Waals surface area contributed by atoms with Gasteiger partial charge in [0.05, 0.1) is 16.1 Å². The summed E-state index contributed by atoms with van der Waals surface area (Å²) in [5.74, 6) is 0.351. The Balaban J connectivity index is 1.42. The van der Waals surface area contributed by atoms with Gasteiger partial charge in [-0.05, 0) is 62.5 Å². The minimum absolute atomic E-state index is 0.100. The molecule has 0 unspecified atom stereocenters. The Morgan fingerprint density at radius 2 is 1.84 bits per heavy atom. The van der Waals surface area contributed by atoms with E-state index >= 15 is 0 Å². The van der Waals surface area contributed by atoms with Crippen molar-refractivity contribution in [1.82, 2.24) is 14.8 Å². The first-order valence-electron chi connectivity index (χ1n) is 10.9. The lowest BCUT2D eigenvalue weighted by Crippen LogP contribution is -2.42. The molecule has 0 radical (unpaired) electrons. The molecular weight excluding hydrogens is 441 g/mol. The zero-order valence-corrected chi connectivity index (χ0v) is 18.4. The van der Waals surface area contributed by atoms with Crippen LogP contribution in [0.3, 0.4) is 0 Å². The van der Waals surface area contributed by atoms with E-state index in [2.05, 4.69) is 15.2 Å². The Labute approximate surface area is 190 Å². The number of hydrogen-bond donors (Lipinski definition) is 1. The van der Waals surface area contributed by atoms with Crippen molar-refractivity contribution in [1.29, 1.82) is 0 Å². The van der Waals surface area contributed by atoms with Gasteiger partial charge < -0.3 is 15.1 Å². The number of carbonyl (C=O) groups is 1. The Bertz CT molecular complexity index is 945. The molecule has 0 spiro atoms. The maximum Gasteiger partial charge on any atom is 0.416 e. The maximum absolute atomic E-state index is 13.3. The minimum Gasteiger partial charge on any atom is -0.366 e. The van der Waals surface area contributed by atoms with Gasteiger partial charge >= 0.3 is 6.18 Å². The summed E-state index contributed by atoms with van der Waals surface area (Å²) in [6.45, 7) is 4.07. The first kappa shape index (κ1) is 22.9. The Morgan fingerprint density at radius 1 is 1.12 bits per heavy atom. The van der Waals surface area contributed by atoms with Crippen LogP contribution in [0.15, 0.2) is 36.5 Å². The number of nitrogens with zero attached hydrogens (tertiary/aromatic N) is 3. The van der Waals surface area contributed by atoms with Crippen molar-refractivity contribution in [3.8, 4) is 0 Å². The molecule has 1 atom stereocenters. The van der Waals surface area contributed by atoms with Gasteiger partial charge in [0, 0.05) is 31.9 Å². The van der Waals surface area contributed by atoms with Crippen molar-refractivity contribution >= 4 is 23.3 Å². The van der Waals surface area contributed by atoms with Crippen LogP contribution in [-0.2, 0) is 12.7 Å². The molecule has 2 fully saturated rings. The monoisotopic (exact) mass is 466 g/mol. The molecule has 9 heteroatoms. The number of likely N-dealkylation sites (tertiary alicyclic amines) is 2. The predicted molar refractivity (Wildman–Crippen MR) is 118 cm³/mol. The Hall–Kier alpha value is -2.32. The molecule has 2 aliphatic heterocycles. The topological polar surface area (TPSA) is 48.5 Å². The fourth-order valence-electron chi connectivity index (χ4n) is 4.41. The summed E-state index contributed by atoms with van der Waals surface area (Å²) in [6, 6.07) is 6.76. The molecule has 0 bridgehead atoms. The summed E-state index contributed by atoms with van der Waals surface area (Å²) in [5, 5.41) is 3.37. The number of alkyl halides is 3. The molecule has 1 N–H and O–H groups in total. The predicted octanol–water partition coefficient (Wildman–Crippen LogP) is 5.07. The molecule has 4 rings (SSSR count). The number of anilines is 1. The molecule has 1 aromatic heterocycles. The van der Waals surface area contributed by atoms with E-state index in [-0.39, 0.29) is 18.5 Å². The van der Waals surface area contributed by atoms with Crippen molar-refractivity contribution in [3.63, 3.8) is 0 Å². The normalized spacial score (nSPS) is 19.5. The highest BCUT2D eigenvalue weighted by molar-refractivity contribution is 6.33. The average molecular weight is 467 g/mol. The molecule has 1 amide bonds. The van der Waals surface area contributed by atoms with Gasteiger partial charge in [-0.3, -0.25) is 4.79 Å². The van der Waals surface area contributed by atoms with E-state index in [4.69, 9.17) is 11.6 Å². The molecule has 2 aliphatic rings. The number of benzene rings is 1. The van der Waals surface area contributed by atoms with Crippen LogP contribution in [0.1, 0.15) is 47.2 Å². The lowest BCUT2D eigenvalue weighted by Gasteiger charge is -2.29. The highest BCUT2D eigenvalue weighted by atomic mass is 35.5. The number of pyridine rings is 1. The summed E-state index contributed by atoms with van der Waals surface area (Å²) in [5.41, 5.74) is 0.380. The van der Waals surface area contributed by atoms with Crippen molar-refractivity contribution in [2.45, 2.75) is 44.4 Å². The van der Waals surface area contributed by atoms with Gasteiger partial charge in [-0.15, -0.1) is 0 Å². The third-order valence-corrected chi connectivity index (χ3v) is 6.45. The van der Waals surface area contributed by atoms with Crippen LogP contribution in [0.5, 0.6) is 0 Å². The third-order valence-electron chi connectivity index (χ3n) is 6.15. The zero-order chi connectivity index (χ0) is 22.7. The van der Waals surface area contributed by atoms with E-state index in [9.17, 15) is 18.0 Å². The maximum atomic E-state index is 13.3. The van der Waals surface area contributed by atoms with Gasteiger partial charge in [-0.1, -0.05) is 23.7 Å². The summed E-state index contributed by atoms with van der Waals surface area (Å²) in [7, 11) is 0. The smallest absolute Gasteiger partial charge is 0.366 e. The Kier molecular flexibility index (Phi) is 6.90. The number of amides is 1. The molecule has 172 valence electrons. The second kappa shape index (κ2) is 9.67. The zero-order valence-electron chi connectivity index (χ0n) is 17.7. The molecule has 1 aromatic carbocycles. The first-order valence-corrected chi connectivity index (χ1v) is 11.3. The van der Waals surface area contributed by atoms with Crippen molar-refractivity contribution in [2.24, 2.45) is 0 Å². The van der Waals surface area contributed by atoms with Crippen LogP contribution >= 0.6 is 11.6 Å². The van der Waals surface area contributed by atoms with E-state index in [1.807, 2.05) is 4.90 Å². The summed E-state index contributed by atoms with van der Waals surface area (Å²) >= 11 is 6.31. The number of nitrogens with one attached hydrogen (secondary N) is 1. The fourth-order valence-corrected chi connectivity index (χ4v) is 4.60. The number of rotatable bonds is 6. The molecule has 3 heterocycles. The van der Waals surface area contributed by atoms with Gasteiger partial charge in [0.15, 0.2) is 0 Å². The van der Waals surface area contributed by atoms with Crippen molar-refractivity contribution in [2.75, 3.05) is 31.5 Å². The van der Waals surface area contributed by atoms with Gasteiger partial charge in [0.25, 0.3) is 5.91 Å². The molecular formula is C23H26ClF3N4O. The molecule has 2 saturated heterocycles. The second-order valence-corrected chi connectivity index (χ2v) is 8.81. The van der Waals surface area contributed by atoms with E-state index < -0.39 is 11.7 Å². The van der Waals surface area contributed by atoms with E-state index in [1.165, 1.54) is 31.2 Å². The van der Waals surface area contributed by atoms with Crippen LogP contribution < -0.4 is 5.32 Å². The average Bonchev–Trinajstić information content (AvgIpc) is 3.45. The van der Waals surface area contributed by atoms with Gasteiger partial charge in [0.2, 0.25) is 0 Å². The van der Waals surface area contributed by atoms with E-state index in [0.29, 0.717) is 28.5 Å². The summed E-state index contributed by atoms with van der Waals surface area (Å²) in [4.78, 5) is 21.8. The van der Waals surface area contributed by atoms with Crippen molar-refractivity contribution in [3.05, 3.63) is 58.2 Å². The standard InChI is InChI=1S/C23H26ClF3N4O/c24-20-14-29-21(28-13-16-5-7-17(8-6-16)23(25,26)27)12-19(20)22(32)31-11-3-4-18(31)15-30-9-1-2-10-30/h5-8,12,14,18H,1-4,9-11,13,15H2,(H,28,29)/t18-/m0/s1. The lowest BCUT2D eigenvalue weighted by molar-refractivity contribution is -0.137. The fraction of sp³-hybridized carbons (Fsp3) is 0.478. The highest BCUT2D eigenvalue weighted by Crippen LogP contribution is 2.29. The number of carbonyl (C=O) groups excluding carboxylic acids is 1. The summed E-state index contributed by atoms with van der Waals surface area (Å²) < 4.78 is 38.2. The lowest BCUT2D eigenvalue weighted by atomic mass is 10.1. The summed E-state index contributed by atoms with van der Waals surface area (Å²) in [6.07, 6.45) is 1.47. The number of aromatic nitrogens is 1. The molecule has 5 nitrogen and oxygen atoms in total. The number of hydrogen-bond acceptors (Lipinski definition) is 4. The highest BCUT2D eigenvalue weighted by Gasteiger charge is 2.32. The molecule has 2 aromatic rings. The van der Waals surface area contributed by atoms with Crippen LogP contribution in [0, 0.1) is 0 Å². The molecule has 0 saturated carbocycles. The largest absolute Gasteiger partial charge is 0.416 e. The van der Waals surface area contributed by atoms with Crippen molar-refractivity contribution < 1.29 is 18.0 Å². The van der Waals surface area contributed by atoms with Crippen LogP contribution in [-0.4, -0.2) is 52.9 Å². The van der Waals surface area contributed by atoms with Crippen LogP contribution in [0.4, 0.5) is 19.0 Å². The van der Waals surface area contributed by atoms with E-state index in [0.717, 1.165) is 44.6 Å². The quantitative estimate of drug-likeness (QED) is 0.646. The van der Waals surface area contributed by atoms with Crippen LogP contribution in [0.25, 0.3) is 0 Å². The first-order chi connectivity index (χ1) is 15.3. The third kappa shape index (κ3) is 5.35. The SMILES string of the molecule is O=C(c1cc(NCc2ccc(C(F)(F)F)cc2)ncc1Cl)N1CCC[C@H]1CN1CCCC1. The second-order valence-electron chi connectivity index (χ2n) is 8.40. The number of halogens is 4. The molecule has 32 heavy (non-hydrogen) atoms. The minimum atomic E-state index is -4.36. The Morgan fingerprint density at radius 3 is 2.53 bits per heavy atom. The molecule has 0 aliphatic carbocycles. The van der Waals surface area contributed by atoms with Gasteiger partial charge in [-0.2, -0.15) is 13.2 Å². The van der Waals surface area contributed by atoms with E-state index in [1.54, 1.807) is 6.07 Å². The van der Waals surface area contributed by atoms with Crippen LogP contribution in [0.2, 0.25) is 5.02 Å². The van der Waals surface area contributed by atoms with Gasteiger partial charge in [0.1, 0.15) is 5.82 Å². The van der Waals surface area contributed by atoms with Gasteiger partial charge in [-0.25, -0.2) is 4.98 Å².